The molecule has 0 radical (unpaired) electrons. The van der Waals surface area contributed by atoms with Crippen LogP contribution in [0.2, 0.25) is 0 Å². The van der Waals surface area contributed by atoms with E-state index in [1.54, 1.807) is 0 Å². The number of alkyl halides is 2. The van der Waals surface area contributed by atoms with E-state index in [0.29, 0.717) is 18.8 Å². The lowest BCUT2D eigenvalue weighted by atomic mass is 10.0. The zero-order valence-corrected chi connectivity index (χ0v) is 8.91. The lowest BCUT2D eigenvalue weighted by Crippen LogP contribution is -2.31. The molecule has 1 aliphatic rings. The maximum absolute atomic E-state index is 12.4. The van der Waals surface area contributed by atoms with Crippen LogP contribution < -0.4 is 5.73 Å². The Morgan fingerprint density at radius 3 is 2.40 bits per heavy atom. The van der Waals surface area contributed by atoms with Crippen molar-refractivity contribution in [3.05, 3.63) is 11.3 Å². The van der Waals surface area contributed by atoms with Crippen molar-refractivity contribution in [3.8, 4) is 0 Å². The first-order valence-electron chi connectivity index (χ1n) is 4.91. The summed E-state index contributed by atoms with van der Waals surface area (Å²) in [6, 6.07) is 0.101. The maximum atomic E-state index is 12.4. The molecule has 2 N–H and O–H groups in total. The van der Waals surface area contributed by atoms with Crippen LogP contribution in [0.5, 0.6) is 0 Å². The molecule has 5 heteroatoms. The molecule has 0 amide bonds. The molecule has 1 saturated heterocycles. The second-order valence-electron chi connectivity index (χ2n) is 3.84. The van der Waals surface area contributed by atoms with Gasteiger partial charge in [0.1, 0.15) is 0 Å². The molecule has 1 rings (SSSR count). The third kappa shape index (κ3) is 3.27. The topological polar surface area (TPSA) is 47.6 Å². The first kappa shape index (κ1) is 12.1. The van der Waals surface area contributed by atoms with E-state index in [1.165, 1.54) is 6.21 Å². The van der Waals surface area contributed by atoms with Gasteiger partial charge in [-0.05, 0) is 11.5 Å². The zero-order valence-electron chi connectivity index (χ0n) is 8.91. The second kappa shape index (κ2) is 5.21. The summed E-state index contributed by atoms with van der Waals surface area (Å²) in [7, 11) is 0. The number of halogens is 2. The van der Waals surface area contributed by atoms with Crippen molar-refractivity contribution in [2.45, 2.75) is 26.3 Å². The van der Waals surface area contributed by atoms with Crippen molar-refractivity contribution in [1.29, 1.82) is 0 Å². The molecule has 86 valence electrons. The number of hydrogen-bond donors (Lipinski definition) is 1. The zero-order chi connectivity index (χ0) is 11.4. The summed E-state index contributed by atoms with van der Waals surface area (Å²) < 4.78 is 29.7. The van der Waals surface area contributed by atoms with Crippen molar-refractivity contribution in [2.24, 2.45) is 16.6 Å². The highest BCUT2D eigenvalue weighted by Gasteiger charge is 2.18. The Morgan fingerprint density at radius 1 is 1.47 bits per heavy atom. The van der Waals surface area contributed by atoms with Gasteiger partial charge in [0.15, 0.2) is 0 Å². The Bertz CT molecular complexity index is 271. The van der Waals surface area contributed by atoms with Gasteiger partial charge in [0.05, 0.1) is 25.0 Å². The van der Waals surface area contributed by atoms with Gasteiger partial charge in [-0.3, -0.25) is 4.99 Å². The highest BCUT2D eigenvalue weighted by Crippen LogP contribution is 2.16. The van der Waals surface area contributed by atoms with Crippen LogP contribution in [0.25, 0.3) is 0 Å². The van der Waals surface area contributed by atoms with E-state index in [2.05, 4.69) is 4.99 Å². The van der Waals surface area contributed by atoms with E-state index in [9.17, 15) is 8.78 Å². The summed E-state index contributed by atoms with van der Waals surface area (Å²) in [5.41, 5.74) is 5.35. The molecule has 0 spiro atoms. The number of aliphatic imine (C=N–C) groups is 1. The Labute approximate surface area is 88.0 Å². The summed E-state index contributed by atoms with van der Waals surface area (Å²) >= 11 is 0. The van der Waals surface area contributed by atoms with Crippen molar-refractivity contribution in [2.75, 3.05) is 13.2 Å². The van der Waals surface area contributed by atoms with Crippen LogP contribution in [0.15, 0.2) is 16.3 Å². The molecule has 3 nitrogen and oxygen atoms in total. The fourth-order valence-electron chi connectivity index (χ4n) is 1.18. The van der Waals surface area contributed by atoms with Gasteiger partial charge in [-0.25, -0.2) is 8.78 Å². The van der Waals surface area contributed by atoms with Crippen LogP contribution in [0, 0.1) is 5.92 Å². The number of rotatable bonds is 4. The molecular formula is C10H16F2N2O. The molecule has 0 unspecified atom stereocenters. The summed E-state index contributed by atoms with van der Waals surface area (Å²) in [5, 5.41) is 0. The fourth-order valence-corrected chi connectivity index (χ4v) is 1.18. The number of hydrogen-bond acceptors (Lipinski definition) is 3. The predicted octanol–water partition coefficient (Wildman–Crippen LogP) is 1.59. The van der Waals surface area contributed by atoms with Gasteiger partial charge < -0.3 is 10.5 Å². The Balaban J connectivity index is 2.73. The molecule has 0 saturated carbocycles. The number of ether oxygens (including phenoxy) is 1. The minimum absolute atomic E-state index is 0.0521. The van der Waals surface area contributed by atoms with Gasteiger partial charge in [-0.1, -0.05) is 13.8 Å². The molecule has 0 aromatic carbocycles. The highest BCUT2D eigenvalue weighted by atomic mass is 19.3. The molecule has 1 heterocycles. The highest BCUT2D eigenvalue weighted by molar-refractivity contribution is 5.80. The molecule has 0 aromatic rings. The van der Waals surface area contributed by atoms with Gasteiger partial charge in [0, 0.05) is 6.21 Å². The van der Waals surface area contributed by atoms with Gasteiger partial charge >= 0.3 is 0 Å². The largest absolute Gasteiger partial charge is 0.397 e. The quantitative estimate of drug-likeness (QED) is 0.728. The van der Waals surface area contributed by atoms with Crippen LogP contribution in [0.1, 0.15) is 13.8 Å². The first-order chi connectivity index (χ1) is 7.02. The molecule has 1 aliphatic heterocycles. The summed E-state index contributed by atoms with van der Waals surface area (Å²) in [6.45, 7) is 4.76. The predicted molar refractivity (Wildman–Crippen MR) is 55.2 cm³/mol. The molecular weight excluding hydrogens is 202 g/mol. The SMILES string of the molecule is CC(C)C(C=NC1COC1)=C(N)C(F)F. The summed E-state index contributed by atoms with van der Waals surface area (Å²) in [5.74, 6) is -0.0521. The smallest absolute Gasteiger partial charge is 0.278 e. The lowest BCUT2D eigenvalue weighted by Gasteiger charge is -2.22. The van der Waals surface area contributed by atoms with E-state index >= 15 is 0 Å². The number of nitrogens with two attached hydrogens (primary N) is 1. The van der Waals surface area contributed by atoms with E-state index in [0.717, 1.165) is 0 Å². The van der Waals surface area contributed by atoms with Crippen LogP contribution >= 0.6 is 0 Å². The average Bonchev–Trinajstić information content (AvgIpc) is 2.07. The molecule has 0 aliphatic carbocycles. The van der Waals surface area contributed by atoms with Crippen LogP contribution in [0.3, 0.4) is 0 Å². The van der Waals surface area contributed by atoms with Gasteiger partial charge in [-0.15, -0.1) is 0 Å². The third-order valence-corrected chi connectivity index (χ3v) is 2.24. The second-order valence-corrected chi connectivity index (χ2v) is 3.84. The Hall–Kier alpha value is -0.970. The minimum Gasteiger partial charge on any atom is -0.397 e. The van der Waals surface area contributed by atoms with E-state index < -0.39 is 6.43 Å². The Morgan fingerprint density at radius 2 is 2.07 bits per heavy atom. The van der Waals surface area contributed by atoms with Crippen molar-refractivity contribution in [3.63, 3.8) is 0 Å². The normalized spacial score (nSPS) is 19.9. The molecule has 0 atom stereocenters. The fraction of sp³-hybridized carbons (Fsp3) is 0.700. The minimum atomic E-state index is -2.62. The molecule has 0 bridgehead atoms. The average molecular weight is 218 g/mol. The van der Waals surface area contributed by atoms with Crippen molar-refractivity contribution >= 4 is 6.21 Å². The van der Waals surface area contributed by atoms with Gasteiger partial charge in [-0.2, -0.15) is 0 Å². The van der Waals surface area contributed by atoms with Crippen molar-refractivity contribution < 1.29 is 13.5 Å². The van der Waals surface area contributed by atoms with Gasteiger partial charge in [0.2, 0.25) is 0 Å². The number of allylic oxidation sites excluding steroid dienone is 2. The summed E-state index contributed by atoms with van der Waals surface area (Å²) in [6.07, 6.45) is -1.16. The monoisotopic (exact) mass is 218 g/mol. The Kier molecular flexibility index (Phi) is 4.20. The maximum Gasteiger partial charge on any atom is 0.278 e. The summed E-state index contributed by atoms with van der Waals surface area (Å²) in [4.78, 5) is 4.13. The number of nitrogens with zero attached hydrogens (tertiary/aromatic N) is 1. The van der Waals surface area contributed by atoms with Crippen LogP contribution in [-0.4, -0.2) is 31.9 Å². The van der Waals surface area contributed by atoms with Crippen molar-refractivity contribution in [1.82, 2.24) is 0 Å². The van der Waals surface area contributed by atoms with Crippen LogP contribution in [-0.2, 0) is 4.74 Å². The van der Waals surface area contributed by atoms with E-state index in [4.69, 9.17) is 10.5 Å². The molecule has 1 fully saturated rings. The van der Waals surface area contributed by atoms with E-state index in [1.807, 2.05) is 13.8 Å². The lowest BCUT2D eigenvalue weighted by molar-refractivity contribution is 0.0135. The third-order valence-electron chi connectivity index (χ3n) is 2.24. The first-order valence-corrected chi connectivity index (χ1v) is 4.91. The van der Waals surface area contributed by atoms with Crippen LogP contribution in [0.4, 0.5) is 8.78 Å². The molecule has 0 aromatic heterocycles. The standard InChI is InChI=1S/C10H16F2N2O/c1-6(2)8(9(13)10(11)12)3-14-7-4-15-5-7/h3,6-7,10H,4-5,13H2,1-2H3. The van der Waals surface area contributed by atoms with Gasteiger partial charge in [0.25, 0.3) is 6.43 Å². The molecule has 15 heavy (non-hydrogen) atoms. The van der Waals surface area contributed by atoms with E-state index in [-0.39, 0.29) is 17.7 Å².